The molecule has 1 saturated heterocycles. The van der Waals surface area contributed by atoms with Crippen LogP contribution in [0.15, 0.2) is 12.4 Å². The number of carboxylic acids is 1. The number of urea groups is 1. The van der Waals surface area contributed by atoms with Crippen molar-refractivity contribution in [2.24, 2.45) is 0 Å². The molecule has 3 N–H and O–H groups in total. The van der Waals surface area contributed by atoms with Crippen molar-refractivity contribution in [3.05, 3.63) is 12.4 Å². The Morgan fingerprint density at radius 1 is 1.52 bits per heavy atom. The number of likely N-dealkylation sites (tertiary alicyclic amines) is 1. The van der Waals surface area contributed by atoms with Crippen LogP contribution in [0.5, 0.6) is 0 Å². The van der Waals surface area contributed by atoms with E-state index in [-0.39, 0.29) is 18.5 Å². The summed E-state index contributed by atoms with van der Waals surface area (Å²) in [4.78, 5) is 35.3. The molecule has 1 aliphatic rings. The molecule has 0 spiro atoms. The standard InChI is InChI=1S/C12H17N5O4/c1-16-5-8(2-3-10(16)18)14-12(21)15-9-4-13-17(6-9)7-11(19)20/h4,6,8H,2-3,5,7H2,1H3,(H,19,20)(H2,14,15,21). The highest BCUT2D eigenvalue weighted by atomic mass is 16.4. The van der Waals surface area contributed by atoms with Crippen molar-refractivity contribution in [1.29, 1.82) is 0 Å². The van der Waals surface area contributed by atoms with Gasteiger partial charge in [0.15, 0.2) is 0 Å². The van der Waals surface area contributed by atoms with Crippen LogP contribution in [0.3, 0.4) is 0 Å². The quantitative estimate of drug-likeness (QED) is 0.705. The normalized spacial score (nSPS) is 18.4. The minimum Gasteiger partial charge on any atom is -0.480 e. The van der Waals surface area contributed by atoms with Gasteiger partial charge in [-0.2, -0.15) is 5.10 Å². The first-order chi connectivity index (χ1) is 9.94. The largest absolute Gasteiger partial charge is 0.480 e. The zero-order chi connectivity index (χ0) is 15.4. The van der Waals surface area contributed by atoms with Gasteiger partial charge in [0, 0.05) is 32.3 Å². The van der Waals surface area contributed by atoms with Gasteiger partial charge in [-0.1, -0.05) is 0 Å². The third-order valence-electron chi connectivity index (χ3n) is 3.15. The number of hydrogen-bond donors (Lipinski definition) is 3. The number of amides is 3. The van der Waals surface area contributed by atoms with Gasteiger partial charge in [-0.25, -0.2) is 4.79 Å². The summed E-state index contributed by atoms with van der Waals surface area (Å²) < 4.78 is 1.21. The fraction of sp³-hybridized carbons (Fsp3) is 0.500. The first-order valence-electron chi connectivity index (χ1n) is 6.50. The lowest BCUT2D eigenvalue weighted by Crippen LogP contribution is -2.49. The highest BCUT2D eigenvalue weighted by Crippen LogP contribution is 2.10. The molecule has 1 aromatic heterocycles. The summed E-state index contributed by atoms with van der Waals surface area (Å²) in [6.45, 7) is 0.212. The Hall–Kier alpha value is -2.58. The summed E-state index contributed by atoms with van der Waals surface area (Å²) in [5, 5.41) is 17.8. The molecule has 1 aliphatic heterocycles. The molecule has 0 radical (unpaired) electrons. The number of nitrogens with one attached hydrogen (secondary N) is 2. The molecule has 21 heavy (non-hydrogen) atoms. The number of carboxylic acid groups (broad SMARTS) is 1. The number of carbonyl (C=O) groups excluding carboxylic acids is 2. The third-order valence-corrected chi connectivity index (χ3v) is 3.15. The van der Waals surface area contributed by atoms with Gasteiger partial charge in [0.05, 0.1) is 11.9 Å². The molecule has 2 rings (SSSR count). The van der Waals surface area contributed by atoms with Crippen molar-refractivity contribution in [3.63, 3.8) is 0 Å². The van der Waals surface area contributed by atoms with Crippen molar-refractivity contribution < 1.29 is 19.5 Å². The summed E-state index contributed by atoms with van der Waals surface area (Å²) in [5.74, 6) is -0.938. The molecule has 1 fully saturated rings. The number of carbonyl (C=O) groups is 3. The highest BCUT2D eigenvalue weighted by Gasteiger charge is 2.24. The predicted molar refractivity (Wildman–Crippen MR) is 72.7 cm³/mol. The van der Waals surface area contributed by atoms with Crippen molar-refractivity contribution in [2.75, 3.05) is 18.9 Å². The van der Waals surface area contributed by atoms with Gasteiger partial charge < -0.3 is 20.6 Å². The molecule has 0 bridgehead atoms. The van der Waals surface area contributed by atoms with Gasteiger partial charge in [0.25, 0.3) is 0 Å². The third kappa shape index (κ3) is 4.20. The average Bonchev–Trinajstić information content (AvgIpc) is 2.80. The minimum absolute atomic E-state index is 0.0726. The second-order valence-electron chi connectivity index (χ2n) is 4.93. The molecule has 1 atom stereocenters. The Labute approximate surface area is 120 Å². The number of likely N-dealkylation sites (N-methyl/N-ethyl adjacent to an activating group) is 1. The lowest BCUT2D eigenvalue weighted by Gasteiger charge is -2.30. The molecular formula is C12H17N5O4. The SMILES string of the molecule is CN1CC(NC(=O)Nc2cnn(CC(=O)O)c2)CCC1=O. The number of nitrogens with zero attached hydrogens (tertiary/aromatic N) is 3. The minimum atomic E-state index is -1.01. The van der Waals surface area contributed by atoms with E-state index < -0.39 is 12.0 Å². The smallest absolute Gasteiger partial charge is 0.325 e. The van der Waals surface area contributed by atoms with Crippen LogP contribution in [-0.4, -0.2) is 57.3 Å². The molecule has 0 aromatic carbocycles. The van der Waals surface area contributed by atoms with E-state index >= 15 is 0 Å². The zero-order valence-electron chi connectivity index (χ0n) is 11.6. The summed E-state index contributed by atoms with van der Waals surface area (Å²) >= 11 is 0. The lowest BCUT2D eigenvalue weighted by atomic mass is 10.1. The average molecular weight is 295 g/mol. The number of rotatable bonds is 4. The molecule has 9 heteroatoms. The molecule has 9 nitrogen and oxygen atoms in total. The van der Waals surface area contributed by atoms with E-state index in [1.54, 1.807) is 11.9 Å². The zero-order valence-corrected chi connectivity index (χ0v) is 11.6. The Bertz CT molecular complexity index is 556. The molecule has 114 valence electrons. The van der Waals surface area contributed by atoms with E-state index in [1.165, 1.54) is 17.1 Å². The van der Waals surface area contributed by atoms with Crippen LogP contribution < -0.4 is 10.6 Å². The molecule has 1 unspecified atom stereocenters. The second-order valence-corrected chi connectivity index (χ2v) is 4.93. The number of aromatic nitrogens is 2. The van der Waals surface area contributed by atoms with Gasteiger partial charge in [-0.15, -0.1) is 0 Å². The van der Waals surface area contributed by atoms with Gasteiger partial charge in [-0.3, -0.25) is 14.3 Å². The maximum Gasteiger partial charge on any atom is 0.325 e. The van der Waals surface area contributed by atoms with Crippen LogP contribution in [0.2, 0.25) is 0 Å². The van der Waals surface area contributed by atoms with Gasteiger partial charge >= 0.3 is 12.0 Å². The topological polar surface area (TPSA) is 117 Å². The maximum absolute atomic E-state index is 11.8. The Morgan fingerprint density at radius 3 is 2.95 bits per heavy atom. The Kier molecular flexibility index (Phi) is 4.41. The first kappa shape index (κ1) is 14.8. The van der Waals surface area contributed by atoms with Crippen molar-refractivity contribution in [1.82, 2.24) is 20.0 Å². The molecule has 1 aromatic rings. The summed E-state index contributed by atoms with van der Waals surface area (Å²) in [6.07, 6.45) is 3.83. The monoisotopic (exact) mass is 295 g/mol. The highest BCUT2D eigenvalue weighted by molar-refractivity contribution is 5.89. The van der Waals surface area contributed by atoms with Crippen molar-refractivity contribution >= 4 is 23.6 Å². The van der Waals surface area contributed by atoms with Crippen LogP contribution in [-0.2, 0) is 16.1 Å². The molecule has 0 saturated carbocycles. The van der Waals surface area contributed by atoms with Crippen molar-refractivity contribution in [3.8, 4) is 0 Å². The van der Waals surface area contributed by atoms with Crippen molar-refractivity contribution in [2.45, 2.75) is 25.4 Å². The van der Waals surface area contributed by atoms with Crippen LogP contribution >= 0.6 is 0 Å². The van der Waals surface area contributed by atoms with E-state index in [1.807, 2.05) is 0 Å². The van der Waals surface area contributed by atoms with Gasteiger partial charge in [-0.05, 0) is 6.42 Å². The molecule has 2 heterocycles. The number of anilines is 1. The van der Waals surface area contributed by atoms with Crippen LogP contribution in [0.1, 0.15) is 12.8 Å². The number of piperidine rings is 1. The van der Waals surface area contributed by atoms with Gasteiger partial charge in [0.2, 0.25) is 5.91 Å². The van der Waals surface area contributed by atoms with Gasteiger partial charge in [0.1, 0.15) is 6.54 Å². The molecular weight excluding hydrogens is 278 g/mol. The fourth-order valence-corrected chi connectivity index (χ4v) is 2.14. The number of hydrogen-bond acceptors (Lipinski definition) is 4. The van der Waals surface area contributed by atoms with E-state index in [2.05, 4.69) is 15.7 Å². The summed E-state index contributed by atoms with van der Waals surface area (Å²) in [5.41, 5.74) is 0.411. The van der Waals surface area contributed by atoms with Crippen LogP contribution in [0.4, 0.5) is 10.5 Å². The van der Waals surface area contributed by atoms with E-state index in [0.717, 1.165) is 0 Å². The predicted octanol–water partition coefficient (Wildman–Crippen LogP) is -0.290. The maximum atomic E-state index is 11.8. The first-order valence-corrected chi connectivity index (χ1v) is 6.50. The summed E-state index contributed by atoms with van der Waals surface area (Å²) in [6, 6.07) is -0.501. The van der Waals surface area contributed by atoms with E-state index in [4.69, 9.17) is 5.11 Å². The summed E-state index contributed by atoms with van der Waals surface area (Å²) in [7, 11) is 1.70. The van der Waals surface area contributed by atoms with E-state index in [0.29, 0.717) is 25.1 Å². The fourth-order valence-electron chi connectivity index (χ4n) is 2.14. The molecule has 3 amide bonds. The Balaban J connectivity index is 1.83. The van der Waals surface area contributed by atoms with E-state index in [9.17, 15) is 14.4 Å². The van der Waals surface area contributed by atoms with Crippen LogP contribution in [0.25, 0.3) is 0 Å². The molecule has 0 aliphatic carbocycles. The Morgan fingerprint density at radius 2 is 2.29 bits per heavy atom. The lowest BCUT2D eigenvalue weighted by molar-refractivity contribution is -0.138. The second kappa shape index (κ2) is 6.25. The number of aliphatic carboxylic acids is 1. The van der Waals surface area contributed by atoms with Crippen LogP contribution in [0, 0.1) is 0 Å².